The van der Waals surface area contributed by atoms with Crippen molar-refractivity contribution >= 4 is 34.4 Å². The first-order chi connectivity index (χ1) is 14.6. The van der Waals surface area contributed by atoms with Crippen LogP contribution in [0.5, 0.6) is 0 Å². The number of aromatic nitrogens is 5. The molecule has 0 spiro atoms. The molecule has 4 N–H and O–H groups in total. The highest BCUT2D eigenvalue weighted by molar-refractivity contribution is 6.35. The van der Waals surface area contributed by atoms with Crippen molar-refractivity contribution in [2.24, 2.45) is 0 Å². The normalized spacial score (nSPS) is 12.8. The first-order valence-electron chi connectivity index (χ1n) is 8.74. The molecule has 0 unspecified atom stereocenters. The molecule has 0 bridgehead atoms. The molecule has 1 aromatic carbocycles. The Labute approximate surface area is 176 Å². The van der Waals surface area contributed by atoms with Gasteiger partial charge in [-0.05, 0) is 25.1 Å². The molecule has 1 atom stereocenters. The summed E-state index contributed by atoms with van der Waals surface area (Å²) in [6.07, 6.45) is -3.36. The van der Waals surface area contributed by atoms with Crippen molar-refractivity contribution in [1.82, 2.24) is 30.4 Å². The Bertz CT molecular complexity index is 1280. The fraction of sp³-hybridized carbons (Fsp3) is 0.167. The van der Waals surface area contributed by atoms with Crippen LogP contribution < -0.4 is 11.1 Å². The average molecular weight is 452 g/mol. The Morgan fingerprint density at radius 3 is 2.81 bits per heavy atom. The van der Waals surface area contributed by atoms with Crippen molar-refractivity contribution in [2.45, 2.75) is 19.1 Å². The summed E-state index contributed by atoms with van der Waals surface area (Å²) in [5.41, 5.74) is 5.47. The van der Waals surface area contributed by atoms with Crippen LogP contribution in [0.15, 0.2) is 35.1 Å². The van der Waals surface area contributed by atoms with E-state index in [9.17, 15) is 18.0 Å². The Kier molecular flexibility index (Phi) is 5.01. The van der Waals surface area contributed by atoms with Crippen LogP contribution in [0.25, 0.3) is 22.6 Å². The minimum Gasteiger partial charge on any atom is -0.382 e. The molecule has 9 nitrogen and oxygen atoms in total. The van der Waals surface area contributed by atoms with E-state index in [1.165, 1.54) is 12.1 Å². The molecule has 0 saturated carbocycles. The third kappa shape index (κ3) is 4.01. The third-order valence-corrected chi connectivity index (χ3v) is 4.76. The van der Waals surface area contributed by atoms with Gasteiger partial charge < -0.3 is 20.6 Å². The number of nitrogen functional groups attached to an aromatic ring is 1. The topological polar surface area (TPSA) is 136 Å². The van der Waals surface area contributed by atoms with Crippen molar-refractivity contribution in [3.63, 3.8) is 0 Å². The largest absolute Gasteiger partial charge is 0.416 e. The van der Waals surface area contributed by atoms with E-state index in [1.807, 2.05) is 0 Å². The van der Waals surface area contributed by atoms with Gasteiger partial charge in [0.25, 0.3) is 5.91 Å². The Morgan fingerprint density at radius 1 is 1.29 bits per heavy atom. The predicted molar refractivity (Wildman–Crippen MR) is 104 cm³/mol. The zero-order chi connectivity index (χ0) is 22.3. The van der Waals surface area contributed by atoms with Crippen LogP contribution in [-0.4, -0.2) is 31.0 Å². The van der Waals surface area contributed by atoms with Crippen molar-refractivity contribution in [3.8, 4) is 11.5 Å². The fourth-order valence-electron chi connectivity index (χ4n) is 2.79. The molecule has 0 saturated heterocycles. The lowest BCUT2D eigenvalue weighted by molar-refractivity contribution is -0.137. The molecule has 0 radical (unpaired) electrons. The number of rotatable bonds is 4. The maximum atomic E-state index is 12.9. The lowest BCUT2D eigenvalue weighted by atomic mass is 10.2. The number of hydrogen-bond acceptors (Lipinski definition) is 7. The second kappa shape index (κ2) is 7.54. The highest BCUT2D eigenvalue weighted by Gasteiger charge is 2.31. The van der Waals surface area contributed by atoms with E-state index in [2.05, 4.69) is 30.4 Å². The van der Waals surface area contributed by atoms with Crippen molar-refractivity contribution in [2.75, 3.05) is 5.73 Å². The molecular weight excluding hydrogens is 439 g/mol. The lowest BCUT2D eigenvalue weighted by Gasteiger charge is -2.11. The summed E-state index contributed by atoms with van der Waals surface area (Å²) >= 11 is 5.95. The molecule has 3 aromatic heterocycles. The molecule has 0 fully saturated rings. The molecular formula is C18H13ClF3N7O2. The van der Waals surface area contributed by atoms with Gasteiger partial charge in [-0.15, -0.1) is 0 Å². The van der Waals surface area contributed by atoms with Crippen molar-refractivity contribution < 1.29 is 22.5 Å². The number of carbonyl (C=O) groups excluding carboxylic acids is 1. The standard InChI is InChI=1S/C18H13ClF3N7O2/c1-7(26-17(30)14-13(19)15(23)25-6-24-14)12-5-11(29-31-12)16-27-9-3-2-8(18(20,21)22)4-10(9)28-16/h2-7H,1H3,(H,26,30)(H,27,28)(H2,23,24,25)/t7-/m1/s1. The van der Waals surface area contributed by atoms with Gasteiger partial charge in [0.05, 0.1) is 22.6 Å². The number of H-pyrrole nitrogens is 1. The molecule has 0 aliphatic rings. The maximum absolute atomic E-state index is 12.9. The molecule has 31 heavy (non-hydrogen) atoms. The monoisotopic (exact) mass is 451 g/mol. The van der Waals surface area contributed by atoms with Gasteiger partial charge >= 0.3 is 6.18 Å². The Balaban J connectivity index is 1.55. The molecule has 0 aliphatic heterocycles. The van der Waals surface area contributed by atoms with E-state index >= 15 is 0 Å². The fourth-order valence-corrected chi connectivity index (χ4v) is 2.97. The number of aromatic amines is 1. The molecule has 0 aliphatic carbocycles. The van der Waals surface area contributed by atoms with E-state index in [0.717, 1.165) is 18.5 Å². The van der Waals surface area contributed by atoms with Gasteiger partial charge in [0.2, 0.25) is 0 Å². The lowest BCUT2D eigenvalue weighted by Crippen LogP contribution is -2.27. The second-order valence-electron chi connectivity index (χ2n) is 6.55. The number of imidazole rings is 1. The number of alkyl halides is 3. The van der Waals surface area contributed by atoms with Gasteiger partial charge in [-0.2, -0.15) is 13.2 Å². The van der Waals surface area contributed by atoms with Gasteiger partial charge in [0.1, 0.15) is 22.9 Å². The predicted octanol–water partition coefficient (Wildman–Crippen LogP) is 3.75. The zero-order valence-electron chi connectivity index (χ0n) is 15.7. The number of nitrogens with one attached hydrogen (secondary N) is 2. The Morgan fingerprint density at radius 2 is 2.06 bits per heavy atom. The van der Waals surface area contributed by atoms with Crippen LogP contribution in [0.1, 0.15) is 34.8 Å². The number of fused-ring (bicyclic) bond motifs is 1. The highest BCUT2D eigenvalue weighted by atomic mass is 35.5. The highest BCUT2D eigenvalue weighted by Crippen LogP contribution is 2.32. The molecule has 1 amide bonds. The van der Waals surface area contributed by atoms with Gasteiger partial charge in [0, 0.05) is 6.07 Å². The first kappa shape index (κ1) is 20.6. The first-order valence-corrected chi connectivity index (χ1v) is 9.12. The van der Waals surface area contributed by atoms with Gasteiger partial charge in [-0.1, -0.05) is 16.8 Å². The van der Waals surface area contributed by atoms with Crippen LogP contribution in [0.4, 0.5) is 19.0 Å². The summed E-state index contributed by atoms with van der Waals surface area (Å²) < 4.78 is 43.9. The molecule has 4 rings (SSSR count). The summed E-state index contributed by atoms with van der Waals surface area (Å²) in [4.78, 5) is 26.9. The van der Waals surface area contributed by atoms with E-state index in [1.54, 1.807) is 6.92 Å². The van der Waals surface area contributed by atoms with Crippen molar-refractivity contribution in [1.29, 1.82) is 0 Å². The number of nitrogens with two attached hydrogens (primary N) is 1. The second-order valence-corrected chi connectivity index (χ2v) is 6.92. The molecule has 4 aromatic rings. The van der Waals surface area contributed by atoms with Crippen LogP contribution in [0, 0.1) is 0 Å². The minimum atomic E-state index is -4.47. The van der Waals surface area contributed by atoms with E-state index in [0.29, 0.717) is 5.52 Å². The van der Waals surface area contributed by atoms with E-state index in [-0.39, 0.29) is 39.3 Å². The summed E-state index contributed by atoms with van der Waals surface area (Å²) in [5.74, 6) is -0.143. The Hall–Kier alpha value is -3.67. The van der Waals surface area contributed by atoms with Gasteiger partial charge in [-0.3, -0.25) is 4.79 Å². The van der Waals surface area contributed by atoms with E-state index < -0.39 is 23.7 Å². The maximum Gasteiger partial charge on any atom is 0.416 e. The number of amides is 1. The zero-order valence-corrected chi connectivity index (χ0v) is 16.4. The van der Waals surface area contributed by atoms with Crippen LogP contribution >= 0.6 is 11.6 Å². The summed E-state index contributed by atoms with van der Waals surface area (Å²) in [6, 6.07) is 4.04. The van der Waals surface area contributed by atoms with Gasteiger partial charge in [-0.25, -0.2) is 15.0 Å². The number of anilines is 1. The third-order valence-electron chi connectivity index (χ3n) is 4.39. The van der Waals surface area contributed by atoms with Crippen LogP contribution in [0.2, 0.25) is 5.02 Å². The van der Waals surface area contributed by atoms with Crippen LogP contribution in [-0.2, 0) is 6.18 Å². The van der Waals surface area contributed by atoms with Crippen molar-refractivity contribution in [3.05, 3.63) is 52.6 Å². The van der Waals surface area contributed by atoms with Crippen LogP contribution in [0.3, 0.4) is 0 Å². The smallest absolute Gasteiger partial charge is 0.382 e. The molecule has 13 heteroatoms. The molecule has 160 valence electrons. The summed E-state index contributed by atoms with van der Waals surface area (Å²) in [7, 11) is 0. The summed E-state index contributed by atoms with van der Waals surface area (Å²) in [6.45, 7) is 1.63. The molecule has 3 heterocycles. The minimum absolute atomic E-state index is 0.0324. The SMILES string of the molecule is C[C@@H](NC(=O)c1ncnc(N)c1Cl)c1cc(-c2nc3ccc(C(F)(F)F)cc3[nH]2)no1. The number of hydrogen-bond donors (Lipinski definition) is 3. The number of carbonyl (C=O) groups is 1. The van der Waals surface area contributed by atoms with Gasteiger partial charge in [0.15, 0.2) is 17.3 Å². The number of benzene rings is 1. The number of halogens is 4. The number of nitrogens with zero attached hydrogens (tertiary/aromatic N) is 4. The van der Waals surface area contributed by atoms with E-state index in [4.69, 9.17) is 21.9 Å². The average Bonchev–Trinajstić information content (AvgIpc) is 3.35. The quantitative estimate of drug-likeness (QED) is 0.430. The summed E-state index contributed by atoms with van der Waals surface area (Å²) in [5, 5.41) is 6.43.